The monoisotopic (exact) mass is 432 g/mol. The summed E-state index contributed by atoms with van der Waals surface area (Å²) in [7, 11) is 0. The van der Waals surface area contributed by atoms with E-state index in [1.54, 1.807) is 54.2 Å². The summed E-state index contributed by atoms with van der Waals surface area (Å²) < 4.78 is 0. The third-order valence-electron chi connectivity index (χ3n) is 17.7. The molecule has 3 N–H and O–H groups in total. The number of hydrogen-bond acceptors (Lipinski definition) is 2. The van der Waals surface area contributed by atoms with Gasteiger partial charge in [0, 0.05) is 11.6 Å². The molecule has 10 saturated heterocycles. The van der Waals surface area contributed by atoms with Gasteiger partial charge in [-0.25, -0.2) is 0 Å². The van der Waals surface area contributed by atoms with Crippen molar-refractivity contribution >= 4 is 12.3 Å². The number of amides is 2. The molecule has 29 heavy (non-hydrogen) atoms. The first kappa shape index (κ1) is 13.9. The van der Waals surface area contributed by atoms with E-state index in [1.807, 2.05) is 18.2 Å². The molecule has 12 aliphatic rings. The van der Waals surface area contributed by atoms with Gasteiger partial charge >= 0.3 is 54.7 Å². The van der Waals surface area contributed by atoms with Crippen molar-refractivity contribution in [3.63, 3.8) is 0 Å². The summed E-state index contributed by atoms with van der Waals surface area (Å²) in [6.07, 6.45) is 5.52. The number of nitrogens with one attached hydrogen (secondary N) is 1. The number of carbonyl (C=O) groups is 2. The van der Waals surface area contributed by atoms with Gasteiger partial charge in [-0.3, -0.25) is 9.59 Å². The van der Waals surface area contributed by atoms with Gasteiger partial charge in [0.1, 0.15) is 0 Å². The first-order valence-electron chi connectivity index (χ1n) is 11.7. The molecule has 10 aliphatic heterocycles. The Hall–Kier alpha value is -1.32. The molecule has 154 valence electrons. The van der Waals surface area contributed by atoms with Gasteiger partial charge in [0.15, 0.2) is 0 Å². The Balaban J connectivity index is 0.0000000694. The molecule has 1 aromatic rings. The maximum absolute atomic E-state index is 11.0. The molecule has 2 amide bonds. The number of fused-ring (bicyclic) bond motifs is 10. The number of nitrogens with two attached hydrogens (primary N) is 1. The summed E-state index contributed by atoms with van der Waals surface area (Å²) in [6.45, 7) is -2.28. The molecule has 13 rings (SSSR count). The van der Waals surface area contributed by atoms with Crippen LogP contribution in [-0.4, -0.2) is 18.4 Å². The van der Waals surface area contributed by atoms with Gasteiger partial charge in [-0.05, 0) is 43.2 Å². The van der Waals surface area contributed by atoms with Crippen LogP contribution in [0.4, 0.5) is 0 Å². The van der Waals surface area contributed by atoms with Crippen molar-refractivity contribution in [2.24, 2.45) is 5.73 Å². The molecule has 2 saturated carbocycles. The molecule has 10 heterocycles. The average molecular weight is 432 g/mol. The molecular weight excluding hydrogens is 404 g/mol. The van der Waals surface area contributed by atoms with E-state index in [0.717, 1.165) is 12.0 Å². The van der Waals surface area contributed by atoms with Gasteiger partial charge in [-0.1, -0.05) is 18.2 Å². The Morgan fingerprint density at radius 1 is 0.862 bits per heavy atom. The van der Waals surface area contributed by atoms with Crippen molar-refractivity contribution in [2.45, 2.75) is 85.8 Å². The van der Waals surface area contributed by atoms with Gasteiger partial charge in [0.25, 0.3) is 0 Å². The molecule has 0 bridgehead atoms. The Kier molecular flexibility index (Phi) is 0.865. The Bertz CT molecular complexity index is 1230. The number of carbonyl (C=O) groups excluding carboxylic acids is 2. The molecule has 2 aliphatic carbocycles. The van der Waals surface area contributed by atoms with Crippen LogP contribution in [0.3, 0.4) is 0 Å². The van der Waals surface area contributed by atoms with E-state index in [-0.39, 0.29) is 5.91 Å². The third-order valence-corrected chi connectivity index (χ3v) is 59.6. The molecule has 0 aromatic heterocycles. The van der Waals surface area contributed by atoms with E-state index in [0.29, 0.717) is 17.5 Å². The third kappa shape index (κ3) is 0.316. The first-order chi connectivity index (χ1) is 13.9. The first-order valence-corrected chi connectivity index (χ1v) is 18.1. The summed E-state index contributed by atoms with van der Waals surface area (Å²) in [5, 5.41) is 2.64. The van der Waals surface area contributed by atoms with Gasteiger partial charge in [0.2, 0.25) is 12.3 Å². The average Bonchev–Trinajstić information content (AvgIpc) is 3.39. The van der Waals surface area contributed by atoms with E-state index < -0.39 is 6.51 Å². The van der Waals surface area contributed by atoms with E-state index in [1.165, 1.54) is 25.7 Å². The van der Waals surface area contributed by atoms with E-state index in [4.69, 9.17) is 5.73 Å². The van der Waals surface area contributed by atoms with Gasteiger partial charge in [0.05, 0.1) is 0 Å². The molecule has 0 atom stereocenters. The fraction of sp³-hybridized carbons (Fsp3) is 0.667. The van der Waals surface area contributed by atoms with E-state index in [9.17, 15) is 9.59 Å². The topological polar surface area (TPSA) is 72.2 Å². The van der Waals surface area contributed by atoms with Crippen molar-refractivity contribution in [3.8, 4) is 0 Å². The second-order valence-corrected chi connectivity index (χ2v) is 38.3. The molecule has 0 radical (unpaired) electrons. The maximum atomic E-state index is 11.0. The van der Waals surface area contributed by atoms with Crippen LogP contribution in [0.1, 0.15) is 47.5 Å². The zero-order valence-electron chi connectivity index (χ0n) is 16.4. The quantitative estimate of drug-likeness (QED) is 0.523. The van der Waals surface area contributed by atoms with Crippen molar-refractivity contribution in [1.82, 2.24) is 5.32 Å². The SMILES string of the molecule is NC(=O)c1ccccc1C1CC1.O=CNC1CC1.[CH]12[CH]3[CH]4[CH]5[CH]1[Fe]23451678[CH]2[CH]1[CH]6[CH]7[CH]28. The molecule has 5 heteroatoms. The molecular formula is C24H28FeN2O2. The minimum absolute atomic E-state index is 0.308. The number of hydrogen-bond donors (Lipinski definition) is 2. The summed E-state index contributed by atoms with van der Waals surface area (Å²) in [6, 6.07) is 8.14. The number of rotatable bonds is 4. The summed E-state index contributed by atoms with van der Waals surface area (Å²) >= 11 is 0. The van der Waals surface area contributed by atoms with Crippen LogP contribution < -0.4 is 11.1 Å². The Morgan fingerprint density at radius 3 is 1.62 bits per heavy atom. The Labute approximate surface area is 160 Å². The second-order valence-electron chi connectivity index (χ2n) is 14.4. The molecule has 1 aromatic carbocycles. The van der Waals surface area contributed by atoms with Crippen molar-refractivity contribution in [1.29, 1.82) is 0 Å². The van der Waals surface area contributed by atoms with Crippen molar-refractivity contribution in [2.75, 3.05) is 0 Å². The van der Waals surface area contributed by atoms with Crippen LogP contribution in [0, 0.1) is 0 Å². The van der Waals surface area contributed by atoms with Crippen LogP contribution in [-0.2, 0) is 11.3 Å². The predicted octanol–water partition coefficient (Wildman–Crippen LogP) is 4.93. The van der Waals surface area contributed by atoms with E-state index >= 15 is 0 Å². The van der Waals surface area contributed by atoms with Gasteiger partial charge in [-0.15, -0.1) is 0 Å². The number of primary amides is 1. The molecule has 12 fully saturated rings. The zero-order chi connectivity index (χ0) is 19.0. The van der Waals surface area contributed by atoms with Crippen LogP contribution in [0.2, 0.25) is 48.2 Å². The van der Waals surface area contributed by atoms with E-state index in [2.05, 4.69) is 5.32 Å². The van der Waals surface area contributed by atoms with Crippen LogP contribution in [0.5, 0.6) is 0 Å². The predicted molar refractivity (Wildman–Crippen MR) is 107 cm³/mol. The zero-order valence-corrected chi connectivity index (χ0v) is 17.5. The van der Waals surface area contributed by atoms with Crippen LogP contribution >= 0.6 is 0 Å². The van der Waals surface area contributed by atoms with Crippen LogP contribution in [0.15, 0.2) is 24.3 Å². The van der Waals surface area contributed by atoms with Crippen LogP contribution in [0.25, 0.3) is 0 Å². The van der Waals surface area contributed by atoms with Gasteiger partial charge < -0.3 is 11.1 Å². The molecule has 0 unspecified atom stereocenters. The minimum atomic E-state index is -2.28. The fourth-order valence-electron chi connectivity index (χ4n) is 17.6. The Morgan fingerprint density at radius 2 is 1.34 bits per heavy atom. The summed E-state index contributed by atoms with van der Waals surface area (Å²) in [4.78, 5) is 36.4. The van der Waals surface area contributed by atoms with Crippen molar-refractivity contribution in [3.05, 3.63) is 35.4 Å². The molecule has 1 spiro atoms. The summed E-state index contributed by atoms with van der Waals surface area (Å²) in [5.74, 6) is 0.284. The fourth-order valence-corrected chi connectivity index (χ4v) is 89.8. The summed E-state index contributed by atoms with van der Waals surface area (Å²) in [5.41, 5.74) is 7.07. The standard InChI is InChI=1S/C10H11NO.2C5H5.C4H7NO.Fe/c11-10(12)9-4-2-1-3-8(9)7-5-6-7;2*1-2-4-5-3-1;6-3-5-4-1-2-4;/h1-4,7H,5-6H2,(H2,11,12);2*1-5H;3-4H,1-2H2,(H,5,6);. The normalized spacial score (nSPS) is 75.6. The second kappa shape index (κ2) is 1.81. The molecule has 4 nitrogen and oxygen atoms in total. The van der Waals surface area contributed by atoms with Crippen molar-refractivity contribution < 1.29 is 16.1 Å². The number of benzene rings is 1. The van der Waals surface area contributed by atoms with Gasteiger partial charge in [-0.2, -0.15) is 0 Å².